The summed E-state index contributed by atoms with van der Waals surface area (Å²) in [6.07, 6.45) is -0.300. The van der Waals surface area contributed by atoms with Crippen LogP contribution < -0.4 is 0 Å². The van der Waals surface area contributed by atoms with E-state index in [4.69, 9.17) is 0 Å². The maximum Gasteiger partial charge on any atom is 0.416 e. The molecule has 0 amide bonds. The predicted octanol–water partition coefficient (Wildman–Crippen LogP) is 4.35. The van der Waals surface area contributed by atoms with Gasteiger partial charge in [-0.3, -0.25) is 0 Å². The Hall–Kier alpha value is -1.91. The van der Waals surface area contributed by atoms with Crippen LogP contribution in [0.3, 0.4) is 0 Å². The molecule has 2 aromatic rings. The molecule has 2 nitrogen and oxygen atoms in total. The average molecular weight is 292 g/mol. The maximum absolute atomic E-state index is 12.8. The summed E-state index contributed by atoms with van der Waals surface area (Å²) in [5.74, 6) is 0. The number of aryl methyl sites for hydroxylation is 1. The number of rotatable bonds is 1. The topological polar surface area (TPSA) is 25.8 Å². The zero-order valence-electron chi connectivity index (χ0n) is 11.7. The van der Waals surface area contributed by atoms with Gasteiger partial charge in [-0.2, -0.15) is 18.3 Å². The summed E-state index contributed by atoms with van der Waals surface area (Å²) in [7, 11) is 0. The van der Waals surface area contributed by atoms with Crippen molar-refractivity contribution in [1.82, 2.24) is 10.2 Å². The van der Waals surface area contributed by atoms with Crippen molar-refractivity contribution in [2.24, 2.45) is 0 Å². The molecule has 0 bridgehead atoms. The SMILES string of the molecule is Cc1c(-c2cccc(C(F)(F)F)c2)nnc2c1CCCC2. The molecule has 1 aromatic carbocycles. The van der Waals surface area contributed by atoms with E-state index < -0.39 is 11.7 Å². The second kappa shape index (κ2) is 5.13. The zero-order valence-corrected chi connectivity index (χ0v) is 11.7. The minimum absolute atomic E-state index is 0.475. The summed E-state index contributed by atoms with van der Waals surface area (Å²) in [6, 6.07) is 5.29. The van der Waals surface area contributed by atoms with Crippen LogP contribution in [0.2, 0.25) is 0 Å². The van der Waals surface area contributed by atoms with Crippen LogP contribution in [0, 0.1) is 6.92 Å². The Kier molecular flexibility index (Phi) is 3.43. The highest BCUT2D eigenvalue weighted by Crippen LogP contribution is 2.33. The van der Waals surface area contributed by atoms with Crippen LogP contribution in [0.5, 0.6) is 0 Å². The maximum atomic E-state index is 12.8. The Morgan fingerprint density at radius 2 is 1.81 bits per heavy atom. The van der Waals surface area contributed by atoms with E-state index in [1.807, 2.05) is 6.92 Å². The predicted molar refractivity (Wildman–Crippen MR) is 73.8 cm³/mol. The zero-order chi connectivity index (χ0) is 15.0. The van der Waals surface area contributed by atoms with Crippen molar-refractivity contribution in [3.63, 3.8) is 0 Å². The van der Waals surface area contributed by atoms with Crippen molar-refractivity contribution in [3.05, 3.63) is 46.6 Å². The van der Waals surface area contributed by atoms with Crippen LogP contribution in [0.4, 0.5) is 13.2 Å². The van der Waals surface area contributed by atoms with Gasteiger partial charge in [0, 0.05) is 5.56 Å². The molecule has 0 fully saturated rings. The third-order valence-corrected chi connectivity index (χ3v) is 3.98. The standard InChI is InChI=1S/C16H15F3N2/c1-10-13-7-2-3-8-14(13)20-21-15(10)11-5-4-6-12(9-11)16(17,18)19/h4-6,9H,2-3,7-8H2,1H3. The van der Waals surface area contributed by atoms with E-state index in [9.17, 15) is 13.2 Å². The van der Waals surface area contributed by atoms with Gasteiger partial charge in [-0.05, 0) is 55.9 Å². The summed E-state index contributed by atoms with van der Waals surface area (Å²) in [6.45, 7) is 1.93. The van der Waals surface area contributed by atoms with E-state index in [2.05, 4.69) is 10.2 Å². The summed E-state index contributed by atoms with van der Waals surface area (Å²) in [4.78, 5) is 0. The van der Waals surface area contributed by atoms with E-state index >= 15 is 0 Å². The number of aromatic nitrogens is 2. The van der Waals surface area contributed by atoms with Crippen molar-refractivity contribution in [3.8, 4) is 11.3 Å². The van der Waals surface area contributed by atoms with Crippen molar-refractivity contribution in [2.45, 2.75) is 38.8 Å². The average Bonchev–Trinajstić information content (AvgIpc) is 2.47. The fourth-order valence-corrected chi connectivity index (χ4v) is 2.85. The second-order valence-electron chi connectivity index (χ2n) is 5.38. The van der Waals surface area contributed by atoms with Crippen LogP contribution in [-0.2, 0) is 19.0 Å². The van der Waals surface area contributed by atoms with Gasteiger partial charge in [-0.1, -0.05) is 12.1 Å². The fourth-order valence-electron chi connectivity index (χ4n) is 2.85. The monoisotopic (exact) mass is 292 g/mol. The van der Waals surface area contributed by atoms with Crippen LogP contribution in [0.1, 0.15) is 35.2 Å². The molecule has 0 atom stereocenters. The first-order chi connectivity index (χ1) is 9.97. The van der Waals surface area contributed by atoms with Gasteiger partial charge in [0.25, 0.3) is 0 Å². The van der Waals surface area contributed by atoms with Crippen LogP contribution >= 0.6 is 0 Å². The molecule has 0 saturated heterocycles. The smallest absolute Gasteiger partial charge is 0.166 e. The summed E-state index contributed by atoms with van der Waals surface area (Å²) < 4.78 is 38.5. The molecule has 1 aliphatic rings. The molecule has 0 spiro atoms. The molecule has 3 rings (SSSR count). The molecule has 0 radical (unpaired) electrons. The van der Waals surface area contributed by atoms with Crippen LogP contribution in [-0.4, -0.2) is 10.2 Å². The van der Waals surface area contributed by atoms with Gasteiger partial charge in [0.15, 0.2) is 0 Å². The van der Waals surface area contributed by atoms with Crippen molar-refractivity contribution in [2.75, 3.05) is 0 Å². The van der Waals surface area contributed by atoms with Crippen molar-refractivity contribution >= 4 is 0 Å². The van der Waals surface area contributed by atoms with Gasteiger partial charge < -0.3 is 0 Å². The number of alkyl halides is 3. The molecule has 0 unspecified atom stereocenters. The molecule has 0 saturated carbocycles. The normalized spacial score (nSPS) is 14.9. The van der Waals surface area contributed by atoms with Crippen molar-refractivity contribution < 1.29 is 13.2 Å². The number of benzene rings is 1. The Morgan fingerprint density at radius 3 is 2.57 bits per heavy atom. The summed E-state index contributed by atoms with van der Waals surface area (Å²) in [5.41, 5.74) is 3.49. The molecule has 1 heterocycles. The van der Waals surface area contributed by atoms with Gasteiger partial charge in [0.05, 0.1) is 17.0 Å². The van der Waals surface area contributed by atoms with Crippen LogP contribution in [0.25, 0.3) is 11.3 Å². The van der Waals surface area contributed by atoms with E-state index in [0.29, 0.717) is 11.3 Å². The molecule has 110 valence electrons. The Balaban J connectivity index is 2.09. The number of hydrogen-bond donors (Lipinski definition) is 0. The second-order valence-corrected chi connectivity index (χ2v) is 5.38. The molecule has 0 N–H and O–H groups in total. The lowest BCUT2D eigenvalue weighted by molar-refractivity contribution is -0.137. The van der Waals surface area contributed by atoms with E-state index in [-0.39, 0.29) is 0 Å². The van der Waals surface area contributed by atoms with Gasteiger partial charge in [0.2, 0.25) is 0 Å². The number of halogens is 3. The molecular weight excluding hydrogens is 277 g/mol. The van der Waals surface area contributed by atoms with Gasteiger partial charge >= 0.3 is 6.18 Å². The molecular formula is C16H15F3N2. The van der Waals surface area contributed by atoms with Gasteiger partial charge in [0.1, 0.15) is 0 Å². The highest BCUT2D eigenvalue weighted by atomic mass is 19.4. The van der Waals surface area contributed by atoms with Gasteiger partial charge in [-0.25, -0.2) is 0 Å². The molecule has 21 heavy (non-hydrogen) atoms. The minimum Gasteiger partial charge on any atom is -0.166 e. The number of nitrogens with zero attached hydrogens (tertiary/aromatic N) is 2. The first-order valence-corrected chi connectivity index (χ1v) is 6.99. The number of fused-ring (bicyclic) bond motifs is 1. The van der Waals surface area contributed by atoms with E-state index in [1.165, 1.54) is 6.07 Å². The van der Waals surface area contributed by atoms with Crippen molar-refractivity contribution in [1.29, 1.82) is 0 Å². The third kappa shape index (κ3) is 2.64. The third-order valence-electron chi connectivity index (χ3n) is 3.98. The lowest BCUT2D eigenvalue weighted by Crippen LogP contribution is -2.11. The molecule has 1 aliphatic carbocycles. The Morgan fingerprint density at radius 1 is 1.05 bits per heavy atom. The lowest BCUT2D eigenvalue weighted by Gasteiger charge is -2.18. The fraction of sp³-hybridized carbons (Fsp3) is 0.375. The summed E-state index contributed by atoms with van der Waals surface area (Å²) >= 11 is 0. The summed E-state index contributed by atoms with van der Waals surface area (Å²) in [5, 5.41) is 8.38. The highest BCUT2D eigenvalue weighted by Gasteiger charge is 2.30. The Bertz CT molecular complexity index is 678. The van der Waals surface area contributed by atoms with E-state index in [1.54, 1.807) is 6.07 Å². The minimum atomic E-state index is -4.34. The lowest BCUT2D eigenvalue weighted by atomic mass is 9.91. The van der Waals surface area contributed by atoms with Gasteiger partial charge in [-0.15, -0.1) is 5.10 Å². The first-order valence-electron chi connectivity index (χ1n) is 6.99. The van der Waals surface area contributed by atoms with E-state index in [0.717, 1.165) is 54.6 Å². The highest BCUT2D eigenvalue weighted by molar-refractivity contribution is 5.65. The molecule has 0 aliphatic heterocycles. The van der Waals surface area contributed by atoms with Crippen LogP contribution in [0.15, 0.2) is 24.3 Å². The molecule has 1 aromatic heterocycles. The largest absolute Gasteiger partial charge is 0.416 e. The molecule has 5 heteroatoms. The number of hydrogen-bond acceptors (Lipinski definition) is 2. The quantitative estimate of drug-likeness (QED) is 0.781. The first kappa shape index (κ1) is 14.0. The Labute approximate surface area is 121 Å².